The van der Waals surface area contributed by atoms with E-state index in [9.17, 15) is 14.4 Å². The molecule has 0 unspecified atom stereocenters. The predicted octanol–water partition coefficient (Wildman–Crippen LogP) is 4.09. The lowest BCUT2D eigenvalue weighted by Crippen LogP contribution is -2.31. The van der Waals surface area contributed by atoms with Crippen molar-refractivity contribution in [2.75, 3.05) is 11.9 Å². The number of esters is 1. The molecular weight excluding hydrogens is 420 g/mol. The van der Waals surface area contributed by atoms with Crippen molar-refractivity contribution in [3.05, 3.63) is 102 Å². The molecule has 4 aromatic rings. The zero-order chi connectivity index (χ0) is 23.0. The van der Waals surface area contributed by atoms with Crippen molar-refractivity contribution in [2.24, 2.45) is 0 Å². The molecule has 3 aromatic carbocycles. The highest BCUT2D eigenvalue weighted by atomic mass is 16.5. The van der Waals surface area contributed by atoms with Gasteiger partial charge in [0.2, 0.25) is 5.91 Å². The Morgan fingerprint density at radius 1 is 0.818 bits per heavy atom. The largest absolute Gasteiger partial charge is 0.460 e. The summed E-state index contributed by atoms with van der Waals surface area (Å²) in [5.74, 6) is -0.939. The molecule has 0 aliphatic heterocycles. The lowest BCUT2D eigenvalue weighted by atomic mass is 10.1. The van der Waals surface area contributed by atoms with E-state index in [-0.39, 0.29) is 37.1 Å². The molecule has 4 rings (SSSR count). The van der Waals surface area contributed by atoms with Crippen LogP contribution >= 0.6 is 0 Å². The zero-order valence-corrected chi connectivity index (χ0v) is 17.7. The Hall–Kier alpha value is -4.39. The average molecular weight is 442 g/mol. The van der Waals surface area contributed by atoms with Crippen LogP contribution < -0.4 is 10.6 Å². The fourth-order valence-electron chi connectivity index (χ4n) is 3.20. The highest BCUT2D eigenvalue weighted by Gasteiger charge is 2.13. The number of carbonyl (C=O) groups is 3. The third kappa shape index (κ3) is 6.07. The maximum absolute atomic E-state index is 12.4. The van der Waals surface area contributed by atoms with Gasteiger partial charge in [-0.1, -0.05) is 60.7 Å². The SMILES string of the molecule is O=C(Cc1ccc(NC(=O)c2cc3ccccc3o2)cc1)NCC(=O)OCc1ccccc1. The first-order valence-corrected chi connectivity index (χ1v) is 10.4. The summed E-state index contributed by atoms with van der Waals surface area (Å²) in [6.07, 6.45) is 0.101. The summed E-state index contributed by atoms with van der Waals surface area (Å²) in [5.41, 5.74) is 2.85. The molecule has 0 saturated heterocycles. The van der Waals surface area contributed by atoms with Gasteiger partial charge < -0.3 is 19.8 Å². The fourth-order valence-corrected chi connectivity index (χ4v) is 3.20. The quantitative estimate of drug-likeness (QED) is 0.401. The number of hydrogen-bond donors (Lipinski definition) is 2. The van der Waals surface area contributed by atoms with E-state index in [4.69, 9.17) is 9.15 Å². The van der Waals surface area contributed by atoms with Gasteiger partial charge in [0.05, 0.1) is 6.42 Å². The van der Waals surface area contributed by atoms with Crippen LogP contribution in [0.5, 0.6) is 0 Å². The summed E-state index contributed by atoms with van der Waals surface area (Å²) in [5, 5.41) is 6.18. The first-order chi connectivity index (χ1) is 16.1. The molecule has 1 heterocycles. The lowest BCUT2D eigenvalue weighted by molar-refractivity contribution is -0.145. The Morgan fingerprint density at radius 2 is 1.55 bits per heavy atom. The number of amides is 2. The van der Waals surface area contributed by atoms with E-state index in [2.05, 4.69) is 10.6 Å². The number of fused-ring (bicyclic) bond motifs is 1. The second kappa shape index (κ2) is 10.3. The number of hydrogen-bond acceptors (Lipinski definition) is 5. The molecule has 7 heteroatoms. The topological polar surface area (TPSA) is 97.6 Å². The normalized spacial score (nSPS) is 10.5. The Kier molecular flexibility index (Phi) is 6.80. The molecule has 2 amide bonds. The van der Waals surface area contributed by atoms with Gasteiger partial charge in [-0.25, -0.2) is 0 Å². The number of ether oxygens (including phenoxy) is 1. The number of nitrogens with one attached hydrogen (secondary N) is 2. The minimum atomic E-state index is -0.504. The summed E-state index contributed by atoms with van der Waals surface area (Å²) >= 11 is 0. The number of furan rings is 1. The van der Waals surface area contributed by atoms with Gasteiger partial charge in [0.25, 0.3) is 5.91 Å². The van der Waals surface area contributed by atoms with Crippen molar-refractivity contribution in [1.82, 2.24) is 5.32 Å². The monoisotopic (exact) mass is 442 g/mol. The highest BCUT2D eigenvalue weighted by Crippen LogP contribution is 2.20. The van der Waals surface area contributed by atoms with Crippen LogP contribution in [0.4, 0.5) is 5.69 Å². The number of benzene rings is 3. The number of para-hydroxylation sites is 1. The van der Waals surface area contributed by atoms with E-state index < -0.39 is 5.97 Å². The molecule has 0 bridgehead atoms. The first-order valence-electron chi connectivity index (χ1n) is 10.4. The lowest BCUT2D eigenvalue weighted by Gasteiger charge is -2.08. The smallest absolute Gasteiger partial charge is 0.325 e. The van der Waals surface area contributed by atoms with Gasteiger partial charge >= 0.3 is 5.97 Å². The maximum atomic E-state index is 12.4. The van der Waals surface area contributed by atoms with E-state index in [0.29, 0.717) is 11.3 Å². The van der Waals surface area contributed by atoms with Crippen LogP contribution in [-0.4, -0.2) is 24.3 Å². The second-order valence-corrected chi connectivity index (χ2v) is 7.40. The molecule has 7 nitrogen and oxygen atoms in total. The van der Waals surface area contributed by atoms with Gasteiger partial charge in [-0.05, 0) is 35.4 Å². The molecule has 0 fully saturated rings. The van der Waals surface area contributed by atoms with Crippen molar-refractivity contribution in [2.45, 2.75) is 13.0 Å². The molecule has 0 radical (unpaired) electrons. The van der Waals surface area contributed by atoms with Crippen molar-refractivity contribution in [1.29, 1.82) is 0 Å². The van der Waals surface area contributed by atoms with Crippen LogP contribution in [-0.2, 0) is 27.4 Å². The number of rotatable bonds is 8. The summed E-state index contributed by atoms with van der Waals surface area (Å²) in [4.78, 5) is 36.4. The standard InChI is InChI=1S/C26H22N2O5/c29-24(27-16-25(30)32-17-19-6-2-1-3-7-19)14-18-10-12-21(13-11-18)28-26(31)23-15-20-8-4-5-9-22(20)33-23/h1-13,15H,14,16-17H2,(H,27,29)(H,28,31). The van der Waals surface area contributed by atoms with E-state index >= 15 is 0 Å². The summed E-state index contributed by atoms with van der Waals surface area (Å²) < 4.78 is 10.7. The van der Waals surface area contributed by atoms with Gasteiger partial charge in [-0.3, -0.25) is 14.4 Å². The minimum absolute atomic E-state index is 0.101. The van der Waals surface area contributed by atoms with Crippen LogP contribution in [0, 0.1) is 0 Å². The third-order valence-electron chi connectivity index (χ3n) is 4.90. The molecule has 2 N–H and O–H groups in total. The van der Waals surface area contributed by atoms with Gasteiger partial charge in [-0.15, -0.1) is 0 Å². The van der Waals surface area contributed by atoms with Gasteiger partial charge in [-0.2, -0.15) is 0 Å². The van der Waals surface area contributed by atoms with E-state index in [1.54, 1.807) is 36.4 Å². The van der Waals surface area contributed by atoms with E-state index in [1.807, 2.05) is 48.5 Å². The molecule has 166 valence electrons. The number of carbonyl (C=O) groups excluding carboxylic acids is 3. The van der Waals surface area contributed by atoms with Crippen molar-refractivity contribution >= 4 is 34.4 Å². The Balaban J connectivity index is 1.22. The molecule has 0 aliphatic carbocycles. The summed E-state index contributed by atoms with van der Waals surface area (Å²) in [6, 6.07) is 25.3. The van der Waals surface area contributed by atoms with Gasteiger partial charge in [0.1, 0.15) is 18.7 Å². The van der Waals surface area contributed by atoms with Crippen molar-refractivity contribution in [3.63, 3.8) is 0 Å². The predicted molar refractivity (Wildman–Crippen MR) is 124 cm³/mol. The molecule has 0 aliphatic rings. The molecule has 0 spiro atoms. The Morgan fingerprint density at radius 3 is 2.30 bits per heavy atom. The van der Waals surface area contributed by atoms with Crippen LogP contribution in [0.1, 0.15) is 21.7 Å². The van der Waals surface area contributed by atoms with Crippen LogP contribution in [0.25, 0.3) is 11.0 Å². The molecule has 0 saturated carbocycles. The number of anilines is 1. The highest BCUT2D eigenvalue weighted by molar-refractivity contribution is 6.04. The molecule has 1 aromatic heterocycles. The van der Waals surface area contributed by atoms with Crippen LogP contribution in [0.3, 0.4) is 0 Å². The first kappa shape index (κ1) is 21.8. The average Bonchev–Trinajstić information content (AvgIpc) is 3.28. The van der Waals surface area contributed by atoms with E-state index in [1.165, 1.54) is 0 Å². The Bertz CT molecular complexity index is 1230. The van der Waals surface area contributed by atoms with Crippen molar-refractivity contribution in [3.8, 4) is 0 Å². The minimum Gasteiger partial charge on any atom is -0.460 e. The van der Waals surface area contributed by atoms with Gasteiger partial charge in [0, 0.05) is 11.1 Å². The summed E-state index contributed by atoms with van der Waals surface area (Å²) in [7, 11) is 0. The van der Waals surface area contributed by atoms with Crippen LogP contribution in [0.2, 0.25) is 0 Å². The van der Waals surface area contributed by atoms with Gasteiger partial charge in [0.15, 0.2) is 5.76 Å². The summed E-state index contributed by atoms with van der Waals surface area (Å²) in [6.45, 7) is -0.0337. The molecular formula is C26H22N2O5. The van der Waals surface area contributed by atoms with Crippen molar-refractivity contribution < 1.29 is 23.5 Å². The Labute approximate surface area is 190 Å². The fraction of sp³-hybridized carbons (Fsp3) is 0.115. The zero-order valence-electron chi connectivity index (χ0n) is 17.7. The van der Waals surface area contributed by atoms with Crippen LogP contribution in [0.15, 0.2) is 89.3 Å². The maximum Gasteiger partial charge on any atom is 0.325 e. The molecule has 33 heavy (non-hydrogen) atoms. The molecule has 0 atom stereocenters. The third-order valence-corrected chi connectivity index (χ3v) is 4.90. The van der Waals surface area contributed by atoms with E-state index in [0.717, 1.165) is 16.5 Å². The second-order valence-electron chi connectivity index (χ2n) is 7.40.